The molecule has 32 heavy (non-hydrogen) atoms. The molecule has 3 atom stereocenters. The Kier molecular flexibility index (Phi) is 6.94. The molecule has 1 aromatic heterocycles. The van der Waals surface area contributed by atoms with Crippen molar-refractivity contribution >= 4 is 34.8 Å². The molecule has 2 amide bonds. The highest BCUT2D eigenvalue weighted by Gasteiger charge is 2.43. The molecule has 6 nitrogen and oxygen atoms in total. The third kappa shape index (κ3) is 4.88. The van der Waals surface area contributed by atoms with Crippen LogP contribution in [0.1, 0.15) is 49.1 Å². The van der Waals surface area contributed by atoms with E-state index in [1.165, 1.54) is 11.3 Å². The molecule has 2 aliphatic heterocycles. The van der Waals surface area contributed by atoms with Crippen LogP contribution in [-0.4, -0.2) is 42.4 Å². The summed E-state index contributed by atoms with van der Waals surface area (Å²) in [6.07, 6.45) is 2.79. The van der Waals surface area contributed by atoms with Gasteiger partial charge in [-0.25, -0.2) is 0 Å². The molecule has 170 valence electrons. The Balaban J connectivity index is 1.52. The van der Waals surface area contributed by atoms with Crippen LogP contribution in [0.3, 0.4) is 0 Å². The minimum Gasteiger partial charge on any atom is -0.455 e. The molecule has 3 heterocycles. The van der Waals surface area contributed by atoms with Crippen molar-refractivity contribution in [3.05, 3.63) is 52.2 Å². The van der Waals surface area contributed by atoms with Crippen LogP contribution in [0.4, 0.5) is 5.69 Å². The molecule has 0 saturated carbocycles. The molecular weight excluding hydrogens is 424 g/mol. The molecular formula is C25H30N2O4S. The van der Waals surface area contributed by atoms with E-state index in [1.807, 2.05) is 48.7 Å². The highest BCUT2D eigenvalue weighted by molar-refractivity contribution is 7.10. The first-order valence-corrected chi connectivity index (χ1v) is 12.2. The quantitative estimate of drug-likeness (QED) is 0.630. The number of rotatable bonds is 5. The van der Waals surface area contributed by atoms with Crippen LogP contribution in [0.15, 0.2) is 41.8 Å². The van der Waals surface area contributed by atoms with Crippen molar-refractivity contribution in [1.29, 1.82) is 0 Å². The summed E-state index contributed by atoms with van der Waals surface area (Å²) in [5.74, 6) is -0.597. The molecule has 3 unspecified atom stereocenters. The first-order chi connectivity index (χ1) is 15.4. The van der Waals surface area contributed by atoms with Gasteiger partial charge in [0.1, 0.15) is 0 Å². The Bertz CT molecular complexity index is 957. The smallest absolute Gasteiger partial charge is 0.311 e. The number of esters is 1. The number of ether oxygens (including phenoxy) is 1. The van der Waals surface area contributed by atoms with Crippen molar-refractivity contribution in [3.63, 3.8) is 0 Å². The van der Waals surface area contributed by atoms with Gasteiger partial charge in [0.25, 0.3) is 5.91 Å². The van der Waals surface area contributed by atoms with Crippen LogP contribution < -0.4 is 4.90 Å². The molecule has 0 spiro atoms. The summed E-state index contributed by atoms with van der Waals surface area (Å²) >= 11 is 1.52. The highest BCUT2D eigenvalue weighted by atomic mass is 32.1. The van der Waals surface area contributed by atoms with Crippen LogP contribution in [-0.2, 0) is 19.1 Å². The molecule has 7 heteroatoms. The van der Waals surface area contributed by atoms with Crippen molar-refractivity contribution in [2.75, 3.05) is 24.6 Å². The van der Waals surface area contributed by atoms with Crippen LogP contribution in [0.5, 0.6) is 0 Å². The molecule has 4 rings (SSSR count). The van der Waals surface area contributed by atoms with Crippen LogP contribution >= 0.6 is 11.3 Å². The summed E-state index contributed by atoms with van der Waals surface area (Å²) in [5.41, 5.74) is 1.88. The third-order valence-electron chi connectivity index (χ3n) is 6.39. The second kappa shape index (κ2) is 9.86. The van der Waals surface area contributed by atoms with Crippen LogP contribution in [0.2, 0.25) is 0 Å². The number of hydrogen-bond acceptors (Lipinski definition) is 5. The second-order valence-corrected chi connectivity index (χ2v) is 9.88. The Morgan fingerprint density at radius 2 is 1.94 bits per heavy atom. The maximum absolute atomic E-state index is 13.2. The number of benzene rings is 1. The van der Waals surface area contributed by atoms with Crippen molar-refractivity contribution in [2.45, 2.75) is 45.6 Å². The number of carbonyl (C=O) groups excluding carboxylic acids is 3. The van der Waals surface area contributed by atoms with Gasteiger partial charge in [-0.2, -0.15) is 0 Å². The number of aryl methyl sites for hydroxylation is 1. The fourth-order valence-electron chi connectivity index (χ4n) is 4.68. The Morgan fingerprint density at radius 3 is 2.62 bits per heavy atom. The van der Waals surface area contributed by atoms with E-state index in [-0.39, 0.29) is 24.8 Å². The monoisotopic (exact) mass is 454 g/mol. The highest BCUT2D eigenvalue weighted by Crippen LogP contribution is 2.42. The average Bonchev–Trinajstić information content (AvgIpc) is 3.32. The van der Waals surface area contributed by atoms with Gasteiger partial charge in [-0.1, -0.05) is 30.7 Å². The maximum Gasteiger partial charge on any atom is 0.311 e. The zero-order chi connectivity index (χ0) is 22.7. The lowest BCUT2D eigenvalue weighted by atomic mass is 9.87. The van der Waals surface area contributed by atoms with Crippen molar-refractivity contribution in [1.82, 2.24) is 4.90 Å². The molecule has 0 radical (unpaired) electrons. The summed E-state index contributed by atoms with van der Waals surface area (Å²) in [6, 6.07) is 11.2. The van der Waals surface area contributed by atoms with Crippen molar-refractivity contribution < 1.29 is 19.1 Å². The van der Waals surface area contributed by atoms with Crippen LogP contribution in [0.25, 0.3) is 0 Å². The second-order valence-electron chi connectivity index (χ2n) is 8.90. The minimum absolute atomic E-state index is 0.00492. The van der Waals surface area contributed by atoms with Gasteiger partial charge < -0.3 is 14.5 Å². The van der Waals surface area contributed by atoms with Crippen molar-refractivity contribution in [2.24, 2.45) is 11.8 Å². The van der Waals surface area contributed by atoms with E-state index in [9.17, 15) is 14.4 Å². The summed E-state index contributed by atoms with van der Waals surface area (Å²) in [7, 11) is 0. The summed E-state index contributed by atoms with van der Waals surface area (Å²) in [5, 5.41) is 1.95. The Labute approximate surface area is 193 Å². The summed E-state index contributed by atoms with van der Waals surface area (Å²) in [6.45, 7) is 5.33. The molecule has 0 bridgehead atoms. The SMILES string of the molecule is Cc1ccc(N2C(=O)CCC(C(=O)OCC(=O)N3CCCC(C)C3)C2c2cccs2)cc1. The van der Waals surface area contributed by atoms with Gasteiger partial charge in [-0.15, -0.1) is 11.3 Å². The van der Waals surface area contributed by atoms with Gasteiger partial charge in [-0.05, 0) is 55.7 Å². The normalized spacial score (nSPS) is 23.8. The number of carbonyl (C=O) groups is 3. The fraction of sp³-hybridized carbons (Fsp3) is 0.480. The van der Waals surface area contributed by atoms with E-state index in [4.69, 9.17) is 4.74 Å². The van der Waals surface area contributed by atoms with Gasteiger partial charge in [0.2, 0.25) is 5.91 Å². The maximum atomic E-state index is 13.2. The molecule has 0 aliphatic carbocycles. The number of nitrogens with zero attached hydrogens (tertiary/aromatic N) is 2. The third-order valence-corrected chi connectivity index (χ3v) is 7.34. The predicted molar refractivity (Wildman–Crippen MR) is 124 cm³/mol. The molecule has 2 aliphatic rings. The number of thiophene rings is 1. The van der Waals surface area contributed by atoms with Gasteiger partial charge in [0.05, 0.1) is 12.0 Å². The largest absolute Gasteiger partial charge is 0.455 e. The van der Waals surface area contributed by atoms with E-state index in [0.29, 0.717) is 18.9 Å². The van der Waals surface area contributed by atoms with E-state index in [0.717, 1.165) is 35.5 Å². The molecule has 1 aromatic carbocycles. The number of piperidine rings is 2. The molecule has 2 saturated heterocycles. The van der Waals surface area contributed by atoms with Gasteiger partial charge in [0, 0.05) is 30.1 Å². The first kappa shape index (κ1) is 22.5. The molecule has 0 N–H and O–H groups in total. The van der Waals surface area contributed by atoms with Crippen molar-refractivity contribution in [3.8, 4) is 0 Å². The Hall–Kier alpha value is -2.67. The molecule has 2 aromatic rings. The first-order valence-electron chi connectivity index (χ1n) is 11.3. The van der Waals surface area contributed by atoms with Gasteiger partial charge in [-0.3, -0.25) is 14.4 Å². The topological polar surface area (TPSA) is 66.9 Å². The standard InChI is InChI=1S/C25H30N2O4S/c1-17-7-9-19(10-8-17)27-22(28)12-11-20(24(27)21-6-4-14-32-21)25(30)31-16-23(29)26-13-3-5-18(2)15-26/h4,6-10,14,18,20,24H,3,5,11-13,15-16H2,1-2H3. The number of hydrogen-bond donors (Lipinski definition) is 0. The average molecular weight is 455 g/mol. The van der Waals surface area contributed by atoms with Gasteiger partial charge in [0.15, 0.2) is 6.61 Å². The Morgan fingerprint density at radius 1 is 1.16 bits per heavy atom. The number of anilines is 1. The minimum atomic E-state index is -0.513. The van der Waals surface area contributed by atoms with Crippen LogP contribution in [0, 0.1) is 18.8 Å². The zero-order valence-corrected chi connectivity index (χ0v) is 19.5. The number of likely N-dealkylation sites (tertiary alicyclic amines) is 1. The van der Waals surface area contributed by atoms with E-state index < -0.39 is 17.9 Å². The van der Waals surface area contributed by atoms with E-state index in [2.05, 4.69) is 6.92 Å². The van der Waals surface area contributed by atoms with E-state index in [1.54, 1.807) is 9.80 Å². The van der Waals surface area contributed by atoms with Gasteiger partial charge >= 0.3 is 5.97 Å². The molecule has 2 fully saturated rings. The lowest BCUT2D eigenvalue weighted by Crippen LogP contribution is -2.46. The van der Waals surface area contributed by atoms with E-state index >= 15 is 0 Å². The predicted octanol–water partition coefficient (Wildman–Crippen LogP) is 4.34. The lowest BCUT2D eigenvalue weighted by Gasteiger charge is -2.39. The summed E-state index contributed by atoms with van der Waals surface area (Å²) < 4.78 is 5.54. The fourth-order valence-corrected chi connectivity index (χ4v) is 5.56. The summed E-state index contributed by atoms with van der Waals surface area (Å²) in [4.78, 5) is 43.2. The lowest BCUT2D eigenvalue weighted by molar-refractivity contribution is -0.157. The number of amides is 2. The zero-order valence-electron chi connectivity index (χ0n) is 18.7.